The van der Waals surface area contributed by atoms with Crippen LogP contribution in [0.3, 0.4) is 0 Å². The number of nitrogens with one attached hydrogen (secondary N) is 1. The average Bonchev–Trinajstić information content (AvgIpc) is 2.45. The molecule has 1 unspecified atom stereocenters. The van der Waals surface area contributed by atoms with Gasteiger partial charge in [-0.2, -0.15) is 0 Å². The van der Waals surface area contributed by atoms with E-state index in [2.05, 4.69) is 10.3 Å². The first kappa shape index (κ1) is 15.1. The molecule has 2 rings (SSSR count). The topological polar surface area (TPSA) is 94.1 Å². The third-order valence-electron chi connectivity index (χ3n) is 3.41. The molecule has 6 nitrogen and oxygen atoms in total. The zero-order chi connectivity index (χ0) is 15.6. The van der Waals surface area contributed by atoms with Gasteiger partial charge < -0.3 is 11.1 Å². The van der Waals surface area contributed by atoms with Crippen LogP contribution in [0.4, 0.5) is 15.8 Å². The first-order valence-electron chi connectivity index (χ1n) is 6.64. The molecule has 0 aliphatic carbocycles. The molecule has 0 radical (unpaired) electrons. The standard InChI is InChI=1S/C14H17FN4O2/c1-8(2)11(7-16)18-14-10(15)6-12(19(20)21)9-4-3-5-17-13(9)14/h3-6,8,11,18H,7,16H2,1-2H3. The van der Waals surface area contributed by atoms with E-state index in [1.807, 2.05) is 13.8 Å². The van der Waals surface area contributed by atoms with Gasteiger partial charge in [0, 0.05) is 18.8 Å². The van der Waals surface area contributed by atoms with Gasteiger partial charge in [0.05, 0.1) is 22.1 Å². The van der Waals surface area contributed by atoms with Crippen molar-refractivity contribution >= 4 is 22.3 Å². The van der Waals surface area contributed by atoms with E-state index >= 15 is 0 Å². The zero-order valence-electron chi connectivity index (χ0n) is 11.8. The summed E-state index contributed by atoms with van der Waals surface area (Å²) in [4.78, 5) is 14.5. The summed E-state index contributed by atoms with van der Waals surface area (Å²) in [6, 6.07) is 3.91. The maximum absolute atomic E-state index is 14.3. The Balaban J connectivity index is 2.62. The predicted octanol–water partition coefficient (Wildman–Crippen LogP) is 2.68. The van der Waals surface area contributed by atoms with Crippen molar-refractivity contribution in [3.63, 3.8) is 0 Å². The number of anilines is 1. The number of halogens is 1. The van der Waals surface area contributed by atoms with E-state index in [0.717, 1.165) is 6.07 Å². The minimum absolute atomic E-state index is 0.147. The molecular weight excluding hydrogens is 275 g/mol. The Labute approximate surface area is 121 Å². The molecule has 1 heterocycles. The van der Waals surface area contributed by atoms with Gasteiger partial charge in [0.2, 0.25) is 0 Å². The maximum atomic E-state index is 14.3. The molecule has 0 saturated heterocycles. The van der Waals surface area contributed by atoms with E-state index in [1.165, 1.54) is 6.20 Å². The number of aromatic nitrogens is 1. The number of nitro groups is 1. The van der Waals surface area contributed by atoms with Crippen LogP contribution in [0.5, 0.6) is 0 Å². The summed E-state index contributed by atoms with van der Waals surface area (Å²) < 4.78 is 14.3. The monoisotopic (exact) mass is 292 g/mol. The van der Waals surface area contributed by atoms with Crippen molar-refractivity contribution in [1.29, 1.82) is 0 Å². The highest BCUT2D eigenvalue weighted by Gasteiger charge is 2.22. The molecule has 0 fully saturated rings. The smallest absolute Gasteiger partial charge is 0.281 e. The van der Waals surface area contributed by atoms with E-state index in [0.29, 0.717) is 11.9 Å². The number of nitrogens with two attached hydrogens (primary N) is 1. The van der Waals surface area contributed by atoms with E-state index in [1.54, 1.807) is 12.1 Å². The Kier molecular flexibility index (Phi) is 4.32. The number of nitro benzene ring substituents is 1. The van der Waals surface area contributed by atoms with Gasteiger partial charge >= 0.3 is 0 Å². The van der Waals surface area contributed by atoms with Gasteiger partial charge in [0.1, 0.15) is 5.52 Å². The largest absolute Gasteiger partial charge is 0.377 e. The molecule has 0 bridgehead atoms. The maximum Gasteiger partial charge on any atom is 0.281 e. The van der Waals surface area contributed by atoms with Crippen LogP contribution in [0.25, 0.3) is 10.9 Å². The van der Waals surface area contributed by atoms with E-state index < -0.39 is 10.7 Å². The highest BCUT2D eigenvalue weighted by Crippen LogP contribution is 2.33. The van der Waals surface area contributed by atoms with Crippen LogP contribution >= 0.6 is 0 Å². The first-order valence-corrected chi connectivity index (χ1v) is 6.64. The molecule has 0 saturated carbocycles. The van der Waals surface area contributed by atoms with Gasteiger partial charge in [-0.25, -0.2) is 4.39 Å². The number of hydrogen-bond acceptors (Lipinski definition) is 5. The molecular formula is C14H17FN4O2. The Morgan fingerprint density at radius 3 is 2.81 bits per heavy atom. The van der Waals surface area contributed by atoms with Crippen molar-refractivity contribution in [3.8, 4) is 0 Å². The lowest BCUT2D eigenvalue weighted by Crippen LogP contribution is -2.34. The van der Waals surface area contributed by atoms with Crippen molar-refractivity contribution in [2.75, 3.05) is 11.9 Å². The number of hydrogen-bond donors (Lipinski definition) is 2. The fraction of sp³-hybridized carbons (Fsp3) is 0.357. The molecule has 112 valence electrons. The molecule has 1 aromatic heterocycles. The van der Waals surface area contributed by atoms with Gasteiger partial charge in [0.25, 0.3) is 5.69 Å². The zero-order valence-corrected chi connectivity index (χ0v) is 11.8. The summed E-state index contributed by atoms with van der Waals surface area (Å²) in [5, 5.41) is 14.4. The fourth-order valence-electron chi connectivity index (χ4n) is 2.17. The number of rotatable bonds is 5. The van der Waals surface area contributed by atoms with Gasteiger partial charge in [-0.1, -0.05) is 13.8 Å². The van der Waals surface area contributed by atoms with Crippen molar-refractivity contribution in [3.05, 3.63) is 40.3 Å². The second-order valence-electron chi connectivity index (χ2n) is 5.14. The van der Waals surface area contributed by atoms with Crippen LogP contribution in [0.2, 0.25) is 0 Å². The predicted molar refractivity (Wildman–Crippen MR) is 79.7 cm³/mol. The Hall–Kier alpha value is -2.28. The molecule has 2 aromatic rings. The molecule has 1 atom stereocenters. The quantitative estimate of drug-likeness (QED) is 0.652. The van der Waals surface area contributed by atoms with Gasteiger partial charge in [-0.05, 0) is 18.1 Å². The van der Waals surface area contributed by atoms with Gasteiger partial charge in [-0.3, -0.25) is 15.1 Å². The number of fused-ring (bicyclic) bond motifs is 1. The number of non-ortho nitro benzene ring substituents is 1. The number of pyridine rings is 1. The fourth-order valence-corrected chi connectivity index (χ4v) is 2.17. The average molecular weight is 292 g/mol. The Bertz CT molecular complexity index is 675. The lowest BCUT2D eigenvalue weighted by atomic mass is 10.0. The van der Waals surface area contributed by atoms with E-state index in [4.69, 9.17) is 5.73 Å². The van der Waals surface area contributed by atoms with Crippen LogP contribution in [0.1, 0.15) is 13.8 Å². The lowest BCUT2D eigenvalue weighted by molar-refractivity contribution is -0.383. The van der Waals surface area contributed by atoms with Crippen molar-refractivity contribution < 1.29 is 9.31 Å². The highest BCUT2D eigenvalue weighted by atomic mass is 19.1. The molecule has 0 spiro atoms. The molecule has 1 aromatic carbocycles. The van der Waals surface area contributed by atoms with Crippen LogP contribution in [0.15, 0.2) is 24.4 Å². The summed E-state index contributed by atoms with van der Waals surface area (Å²) in [6.45, 7) is 4.25. The minimum Gasteiger partial charge on any atom is -0.377 e. The second-order valence-corrected chi connectivity index (χ2v) is 5.14. The molecule has 0 aliphatic heterocycles. The van der Waals surface area contributed by atoms with Crippen molar-refractivity contribution in [2.24, 2.45) is 11.7 Å². The third-order valence-corrected chi connectivity index (χ3v) is 3.41. The number of nitrogens with zero attached hydrogens (tertiary/aromatic N) is 2. The highest BCUT2D eigenvalue weighted by molar-refractivity contribution is 5.97. The Morgan fingerprint density at radius 1 is 1.52 bits per heavy atom. The number of benzene rings is 1. The first-order chi connectivity index (χ1) is 9.95. The second kappa shape index (κ2) is 6.01. The SMILES string of the molecule is CC(C)C(CN)Nc1c(F)cc([N+](=O)[O-])c2cccnc12. The lowest BCUT2D eigenvalue weighted by Gasteiger charge is -2.22. The van der Waals surface area contributed by atoms with E-state index in [-0.39, 0.29) is 28.9 Å². The van der Waals surface area contributed by atoms with Crippen LogP contribution in [0, 0.1) is 21.8 Å². The summed E-state index contributed by atoms with van der Waals surface area (Å²) in [5.74, 6) is -0.518. The molecule has 3 N–H and O–H groups in total. The van der Waals surface area contributed by atoms with Crippen LogP contribution in [-0.4, -0.2) is 22.5 Å². The molecule has 7 heteroatoms. The van der Waals surface area contributed by atoms with Crippen LogP contribution in [-0.2, 0) is 0 Å². The normalized spacial score (nSPS) is 12.6. The summed E-state index contributed by atoms with van der Waals surface area (Å²) >= 11 is 0. The van der Waals surface area contributed by atoms with Gasteiger partial charge in [0.15, 0.2) is 5.82 Å². The van der Waals surface area contributed by atoms with Crippen LogP contribution < -0.4 is 11.1 Å². The van der Waals surface area contributed by atoms with Crippen molar-refractivity contribution in [1.82, 2.24) is 4.98 Å². The Morgan fingerprint density at radius 2 is 2.24 bits per heavy atom. The van der Waals surface area contributed by atoms with Gasteiger partial charge in [-0.15, -0.1) is 0 Å². The summed E-state index contributed by atoms with van der Waals surface area (Å²) in [6.07, 6.45) is 1.48. The van der Waals surface area contributed by atoms with Crippen molar-refractivity contribution in [2.45, 2.75) is 19.9 Å². The third kappa shape index (κ3) is 2.92. The summed E-state index contributed by atoms with van der Waals surface area (Å²) in [5.41, 5.74) is 5.78. The molecule has 0 aliphatic rings. The minimum atomic E-state index is -0.702. The summed E-state index contributed by atoms with van der Waals surface area (Å²) in [7, 11) is 0. The molecule has 0 amide bonds. The van der Waals surface area contributed by atoms with E-state index in [9.17, 15) is 14.5 Å². The molecule has 21 heavy (non-hydrogen) atoms.